The van der Waals surface area contributed by atoms with Crippen LogP contribution in [-0.4, -0.2) is 41.1 Å². The summed E-state index contributed by atoms with van der Waals surface area (Å²) >= 11 is 0. The van der Waals surface area contributed by atoms with E-state index in [1.807, 2.05) is 6.07 Å². The summed E-state index contributed by atoms with van der Waals surface area (Å²) in [4.78, 5) is 14.1. The molecule has 5 rings (SSSR count). The van der Waals surface area contributed by atoms with Crippen LogP contribution < -0.4 is 5.32 Å². The predicted octanol–water partition coefficient (Wildman–Crippen LogP) is 3.42. The average Bonchev–Trinajstić information content (AvgIpc) is 3.63. The molecule has 2 unspecified atom stereocenters. The van der Waals surface area contributed by atoms with E-state index in [0.717, 1.165) is 19.6 Å². The van der Waals surface area contributed by atoms with Crippen molar-refractivity contribution in [2.75, 3.05) is 13.1 Å². The predicted molar refractivity (Wildman–Crippen MR) is 109 cm³/mol. The van der Waals surface area contributed by atoms with Gasteiger partial charge in [-0.2, -0.15) is 0 Å². The minimum Gasteiger partial charge on any atom is -0.480 e. The Morgan fingerprint density at radius 1 is 1.07 bits per heavy atom. The number of carbonyl (C=O) groups is 1. The van der Waals surface area contributed by atoms with Gasteiger partial charge in [0.05, 0.1) is 0 Å². The van der Waals surface area contributed by atoms with Crippen molar-refractivity contribution in [3.8, 4) is 0 Å². The van der Waals surface area contributed by atoms with Crippen LogP contribution in [0, 0.1) is 5.41 Å². The monoisotopic (exact) mass is 376 g/mol. The molecule has 4 heteroatoms. The van der Waals surface area contributed by atoms with Crippen LogP contribution in [0.5, 0.6) is 0 Å². The number of hydrogen-bond donors (Lipinski definition) is 2. The number of rotatable bonds is 7. The van der Waals surface area contributed by atoms with E-state index >= 15 is 0 Å². The molecule has 0 bridgehead atoms. The number of nitrogens with one attached hydrogen (secondary N) is 1. The Labute approximate surface area is 166 Å². The van der Waals surface area contributed by atoms with E-state index in [9.17, 15) is 9.90 Å². The Kier molecular flexibility index (Phi) is 4.48. The molecule has 1 heterocycles. The van der Waals surface area contributed by atoms with Crippen LogP contribution in [0.2, 0.25) is 0 Å². The molecule has 2 aliphatic carbocycles. The molecule has 0 radical (unpaired) electrons. The SMILES string of the molecule is O=C(O)[C@@H]1Cc2ccccc2CN1CC1(CNC2CC2c2ccccc2)CC1. The maximum absolute atomic E-state index is 11.9. The molecule has 3 atom stereocenters. The van der Waals surface area contributed by atoms with Crippen LogP contribution in [0.1, 0.15) is 41.9 Å². The second-order valence-corrected chi connectivity index (χ2v) is 8.97. The van der Waals surface area contributed by atoms with Crippen molar-refractivity contribution in [1.29, 1.82) is 0 Å². The van der Waals surface area contributed by atoms with Gasteiger partial charge >= 0.3 is 5.97 Å². The Morgan fingerprint density at radius 3 is 2.50 bits per heavy atom. The summed E-state index contributed by atoms with van der Waals surface area (Å²) in [6, 6.07) is 19.2. The fraction of sp³-hybridized carbons (Fsp3) is 0.458. The number of fused-ring (bicyclic) bond motifs is 1. The zero-order chi connectivity index (χ0) is 19.1. The highest BCUT2D eigenvalue weighted by Crippen LogP contribution is 2.48. The van der Waals surface area contributed by atoms with E-state index in [1.165, 1.54) is 36.0 Å². The van der Waals surface area contributed by atoms with Gasteiger partial charge in [0, 0.05) is 31.6 Å². The first-order valence-electron chi connectivity index (χ1n) is 10.5. The zero-order valence-electron chi connectivity index (χ0n) is 16.2. The molecule has 2 N–H and O–H groups in total. The van der Waals surface area contributed by atoms with Crippen molar-refractivity contribution >= 4 is 5.97 Å². The molecule has 2 aromatic carbocycles. The normalized spacial score (nSPS) is 27.8. The molecule has 0 spiro atoms. The van der Waals surface area contributed by atoms with Gasteiger partial charge in [0.25, 0.3) is 0 Å². The van der Waals surface area contributed by atoms with Gasteiger partial charge in [0.1, 0.15) is 6.04 Å². The molecule has 0 saturated heterocycles. The number of hydrogen-bond acceptors (Lipinski definition) is 3. The summed E-state index contributed by atoms with van der Waals surface area (Å²) in [5, 5.41) is 13.6. The molecule has 2 fully saturated rings. The first-order valence-corrected chi connectivity index (χ1v) is 10.5. The van der Waals surface area contributed by atoms with Crippen molar-refractivity contribution in [2.24, 2.45) is 5.41 Å². The summed E-state index contributed by atoms with van der Waals surface area (Å²) in [6.45, 7) is 2.64. The third-order valence-corrected chi connectivity index (χ3v) is 6.88. The topological polar surface area (TPSA) is 52.6 Å². The smallest absolute Gasteiger partial charge is 0.321 e. The fourth-order valence-corrected chi connectivity index (χ4v) is 4.82. The number of nitrogens with zero attached hydrogens (tertiary/aromatic N) is 1. The van der Waals surface area contributed by atoms with Gasteiger partial charge in [-0.3, -0.25) is 9.69 Å². The third-order valence-electron chi connectivity index (χ3n) is 6.88. The number of carboxylic acid groups (broad SMARTS) is 1. The minimum atomic E-state index is -0.690. The lowest BCUT2D eigenvalue weighted by Crippen LogP contribution is -2.49. The lowest BCUT2D eigenvalue weighted by Gasteiger charge is -2.37. The minimum absolute atomic E-state index is 0.254. The summed E-state index contributed by atoms with van der Waals surface area (Å²) < 4.78 is 0. The first-order chi connectivity index (χ1) is 13.6. The summed E-state index contributed by atoms with van der Waals surface area (Å²) in [6.07, 6.45) is 4.24. The van der Waals surface area contributed by atoms with E-state index in [1.54, 1.807) is 0 Å². The second kappa shape index (κ2) is 7.02. The third kappa shape index (κ3) is 3.59. The average molecular weight is 377 g/mol. The van der Waals surface area contributed by atoms with E-state index in [-0.39, 0.29) is 5.41 Å². The molecular formula is C24H28N2O2. The summed E-state index contributed by atoms with van der Waals surface area (Å²) in [5.74, 6) is -0.0461. The van der Waals surface area contributed by atoms with Gasteiger partial charge in [-0.05, 0) is 47.8 Å². The van der Waals surface area contributed by atoms with Crippen molar-refractivity contribution < 1.29 is 9.90 Å². The quantitative estimate of drug-likeness (QED) is 0.777. The summed E-state index contributed by atoms with van der Waals surface area (Å²) in [5.41, 5.74) is 4.17. The number of benzene rings is 2. The maximum Gasteiger partial charge on any atom is 0.321 e. The van der Waals surface area contributed by atoms with Gasteiger partial charge in [-0.1, -0.05) is 54.6 Å². The lowest BCUT2D eigenvalue weighted by atomic mass is 9.92. The van der Waals surface area contributed by atoms with E-state index in [4.69, 9.17) is 0 Å². The molecule has 2 aromatic rings. The zero-order valence-corrected chi connectivity index (χ0v) is 16.2. The molecule has 28 heavy (non-hydrogen) atoms. The molecule has 146 valence electrons. The van der Waals surface area contributed by atoms with Crippen LogP contribution in [0.3, 0.4) is 0 Å². The van der Waals surface area contributed by atoms with Crippen LogP contribution in [0.4, 0.5) is 0 Å². The van der Waals surface area contributed by atoms with Crippen LogP contribution >= 0.6 is 0 Å². The largest absolute Gasteiger partial charge is 0.480 e. The molecular weight excluding hydrogens is 348 g/mol. The van der Waals surface area contributed by atoms with E-state index in [0.29, 0.717) is 18.4 Å². The lowest BCUT2D eigenvalue weighted by molar-refractivity contribution is -0.144. The Hall–Kier alpha value is -2.17. The Bertz CT molecular complexity index is 862. The van der Waals surface area contributed by atoms with Gasteiger partial charge in [-0.25, -0.2) is 0 Å². The highest BCUT2D eigenvalue weighted by atomic mass is 16.4. The number of aliphatic carboxylic acids is 1. The van der Waals surface area contributed by atoms with Gasteiger partial charge in [0.15, 0.2) is 0 Å². The van der Waals surface area contributed by atoms with Crippen molar-refractivity contribution in [3.63, 3.8) is 0 Å². The van der Waals surface area contributed by atoms with Crippen molar-refractivity contribution in [3.05, 3.63) is 71.3 Å². The van der Waals surface area contributed by atoms with Crippen molar-refractivity contribution in [1.82, 2.24) is 10.2 Å². The highest BCUT2D eigenvalue weighted by Gasteiger charge is 2.48. The second-order valence-electron chi connectivity index (χ2n) is 8.97. The summed E-state index contributed by atoms with van der Waals surface area (Å²) in [7, 11) is 0. The molecule has 3 aliphatic rings. The first kappa shape index (κ1) is 17.9. The molecule has 4 nitrogen and oxygen atoms in total. The fourth-order valence-electron chi connectivity index (χ4n) is 4.82. The van der Waals surface area contributed by atoms with Gasteiger partial charge < -0.3 is 10.4 Å². The maximum atomic E-state index is 11.9. The standard InChI is InChI=1S/C24H28N2O2/c27-23(28)22-12-18-8-4-5-9-19(18)14-26(22)16-24(10-11-24)15-25-21-13-20(21)17-6-2-1-3-7-17/h1-9,20-22,25H,10-16H2,(H,27,28)/t20?,21?,22-/m0/s1. The molecule has 2 saturated carbocycles. The van der Waals surface area contributed by atoms with E-state index in [2.05, 4.69) is 58.7 Å². The van der Waals surface area contributed by atoms with E-state index < -0.39 is 12.0 Å². The highest BCUT2D eigenvalue weighted by molar-refractivity contribution is 5.74. The van der Waals surface area contributed by atoms with Gasteiger partial charge in [0.2, 0.25) is 0 Å². The Morgan fingerprint density at radius 2 is 1.79 bits per heavy atom. The molecule has 1 aliphatic heterocycles. The van der Waals surface area contributed by atoms with Crippen molar-refractivity contribution in [2.45, 2.75) is 50.2 Å². The van der Waals surface area contributed by atoms with Crippen LogP contribution in [0.25, 0.3) is 0 Å². The molecule has 0 aromatic heterocycles. The number of carboxylic acids is 1. The van der Waals surface area contributed by atoms with Crippen LogP contribution in [0.15, 0.2) is 54.6 Å². The van der Waals surface area contributed by atoms with Crippen LogP contribution in [-0.2, 0) is 17.8 Å². The Balaban J connectivity index is 1.21. The van der Waals surface area contributed by atoms with Gasteiger partial charge in [-0.15, -0.1) is 0 Å². The molecule has 0 amide bonds.